The van der Waals surface area contributed by atoms with Gasteiger partial charge in [0.05, 0.1) is 0 Å². The van der Waals surface area contributed by atoms with Crippen molar-refractivity contribution in [1.29, 1.82) is 0 Å². The first-order chi connectivity index (χ1) is 8.00. The van der Waals surface area contributed by atoms with Gasteiger partial charge < -0.3 is 5.73 Å². The largest absolute Gasteiger partial charge is 0.330 e. The first kappa shape index (κ1) is 14.9. The van der Waals surface area contributed by atoms with E-state index in [4.69, 9.17) is 5.73 Å². The second-order valence-electron chi connectivity index (χ2n) is 4.83. The topological polar surface area (TPSA) is 66.6 Å². The Labute approximate surface area is 105 Å². The van der Waals surface area contributed by atoms with E-state index >= 15 is 0 Å². The first-order valence-corrected chi connectivity index (χ1v) is 7.79. The smallest absolute Gasteiger partial charge is 0.281 e. The van der Waals surface area contributed by atoms with E-state index in [0.29, 0.717) is 13.1 Å². The van der Waals surface area contributed by atoms with E-state index < -0.39 is 10.2 Å². The van der Waals surface area contributed by atoms with Crippen LogP contribution in [0.15, 0.2) is 0 Å². The quantitative estimate of drug-likeness (QED) is 0.770. The number of hydrogen-bond acceptors (Lipinski definition) is 3. The molecule has 1 saturated carbocycles. The van der Waals surface area contributed by atoms with Crippen molar-refractivity contribution in [2.75, 3.05) is 27.2 Å². The summed E-state index contributed by atoms with van der Waals surface area (Å²) in [6.07, 6.45) is 6.18. The summed E-state index contributed by atoms with van der Waals surface area (Å²) in [4.78, 5) is 0. The van der Waals surface area contributed by atoms with Crippen LogP contribution in [-0.4, -0.2) is 50.3 Å². The van der Waals surface area contributed by atoms with E-state index in [2.05, 4.69) is 0 Å². The maximum atomic E-state index is 12.2. The van der Waals surface area contributed by atoms with E-state index in [9.17, 15) is 8.42 Å². The lowest BCUT2D eigenvalue weighted by Crippen LogP contribution is -2.47. The van der Waals surface area contributed by atoms with Crippen molar-refractivity contribution in [1.82, 2.24) is 8.61 Å². The summed E-state index contributed by atoms with van der Waals surface area (Å²) in [5.41, 5.74) is 5.49. The molecular formula is C11H25N3O2S. The number of hydrogen-bond donors (Lipinski definition) is 1. The van der Waals surface area contributed by atoms with Gasteiger partial charge in [0.2, 0.25) is 0 Å². The lowest BCUT2D eigenvalue weighted by Gasteiger charge is -2.34. The molecule has 0 aromatic carbocycles. The summed E-state index contributed by atoms with van der Waals surface area (Å²) in [6.45, 7) is 1.08. The maximum Gasteiger partial charge on any atom is 0.281 e. The molecule has 17 heavy (non-hydrogen) atoms. The normalized spacial score (nSPS) is 19.1. The summed E-state index contributed by atoms with van der Waals surface area (Å²) >= 11 is 0. The van der Waals surface area contributed by atoms with Crippen LogP contribution < -0.4 is 5.73 Å². The van der Waals surface area contributed by atoms with Crippen LogP contribution in [0.4, 0.5) is 0 Å². The van der Waals surface area contributed by atoms with Crippen molar-refractivity contribution in [3.05, 3.63) is 0 Å². The third-order valence-corrected chi connectivity index (χ3v) is 5.32. The lowest BCUT2D eigenvalue weighted by molar-refractivity contribution is 0.240. The average Bonchev–Trinajstić information content (AvgIpc) is 2.30. The second-order valence-corrected chi connectivity index (χ2v) is 6.93. The van der Waals surface area contributed by atoms with Crippen LogP contribution >= 0.6 is 0 Å². The van der Waals surface area contributed by atoms with Gasteiger partial charge in [-0.05, 0) is 25.8 Å². The highest BCUT2D eigenvalue weighted by Gasteiger charge is 2.31. The average molecular weight is 263 g/mol. The number of rotatable bonds is 6. The molecule has 0 heterocycles. The van der Waals surface area contributed by atoms with Gasteiger partial charge in [-0.25, -0.2) is 0 Å². The standard InChI is InChI=1S/C11H25N3O2S/c1-13(2)17(15,16)14(10-6-9-12)11-7-4-3-5-8-11/h11H,3-10,12H2,1-2H3. The monoisotopic (exact) mass is 263 g/mol. The fourth-order valence-corrected chi connectivity index (χ4v) is 3.68. The van der Waals surface area contributed by atoms with Gasteiger partial charge in [-0.2, -0.15) is 17.0 Å². The minimum Gasteiger partial charge on any atom is -0.330 e. The van der Waals surface area contributed by atoms with Gasteiger partial charge in [0.25, 0.3) is 10.2 Å². The Morgan fingerprint density at radius 1 is 1.18 bits per heavy atom. The molecule has 0 unspecified atom stereocenters. The molecule has 0 radical (unpaired) electrons. The third-order valence-electron chi connectivity index (χ3n) is 3.32. The van der Waals surface area contributed by atoms with E-state index in [1.165, 1.54) is 10.7 Å². The van der Waals surface area contributed by atoms with Crippen LogP contribution in [0.25, 0.3) is 0 Å². The van der Waals surface area contributed by atoms with E-state index in [0.717, 1.165) is 32.1 Å². The zero-order valence-corrected chi connectivity index (χ0v) is 11.7. The van der Waals surface area contributed by atoms with Crippen molar-refractivity contribution < 1.29 is 8.42 Å². The molecule has 2 N–H and O–H groups in total. The lowest BCUT2D eigenvalue weighted by atomic mass is 9.95. The highest BCUT2D eigenvalue weighted by molar-refractivity contribution is 7.86. The highest BCUT2D eigenvalue weighted by Crippen LogP contribution is 2.25. The van der Waals surface area contributed by atoms with Crippen molar-refractivity contribution >= 4 is 10.2 Å². The molecule has 0 spiro atoms. The Morgan fingerprint density at radius 3 is 2.24 bits per heavy atom. The van der Waals surface area contributed by atoms with Gasteiger partial charge in [0, 0.05) is 26.7 Å². The molecule has 0 aromatic heterocycles. The van der Waals surface area contributed by atoms with Crippen LogP contribution in [0.2, 0.25) is 0 Å². The van der Waals surface area contributed by atoms with Crippen LogP contribution in [0.3, 0.4) is 0 Å². The van der Waals surface area contributed by atoms with Crippen molar-refractivity contribution in [3.8, 4) is 0 Å². The maximum absolute atomic E-state index is 12.2. The molecule has 1 aliphatic carbocycles. The number of nitrogens with two attached hydrogens (primary N) is 1. The van der Waals surface area contributed by atoms with Gasteiger partial charge in [-0.15, -0.1) is 0 Å². The van der Waals surface area contributed by atoms with Crippen LogP contribution in [-0.2, 0) is 10.2 Å². The zero-order valence-electron chi connectivity index (χ0n) is 10.9. The van der Waals surface area contributed by atoms with Gasteiger partial charge in [0.1, 0.15) is 0 Å². The molecule has 6 heteroatoms. The fourth-order valence-electron chi connectivity index (χ4n) is 2.31. The zero-order chi connectivity index (χ0) is 12.9. The molecule has 0 saturated heterocycles. The molecular weight excluding hydrogens is 238 g/mol. The summed E-state index contributed by atoms with van der Waals surface area (Å²) in [5, 5.41) is 0. The highest BCUT2D eigenvalue weighted by atomic mass is 32.2. The molecule has 5 nitrogen and oxygen atoms in total. The molecule has 1 rings (SSSR count). The van der Waals surface area contributed by atoms with Gasteiger partial charge in [0.15, 0.2) is 0 Å². The molecule has 0 aromatic rings. The summed E-state index contributed by atoms with van der Waals surface area (Å²) in [6, 6.07) is 0.169. The molecule has 0 atom stereocenters. The summed E-state index contributed by atoms with van der Waals surface area (Å²) in [7, 11) is -0.118. The minimum absolute atomic E-state index is 0.169. The second kappa shape index (κ2) is 6.68. The number of nitrogens with zero attached hydrogens (tertiary/aromatic N) is 2. The Balaban J connectivity index is 2.78. The molecule has 1 fully saturated rings. The predicted octanol–water partition coefficient (Wildman–Crippen LogP) is 0.776. The van der Waals surface area contributed by atoms with Gasteiger partial charge in [-0.3, -0.25) is 0 Å². The van der Waals surface area contributed by atoms with Gasteiger partial charge in [-0.1, -0.05) is 19.3 Å². The molecule has 0 amide bonds. The van der Waals surface area contributed by atoms with Crippen molar-refractivity contribution in [3.63, 3.8) is 0 Å². The Hall–Kier alpha value is -0.170. The Morgan fingerprint density at radius 2 is 1.76 bits per heavy atom. The third kappa shape index (κ3) is 3.91. The van der Waals surface area contributed by atoms with Crippen LogP contribution in [0.1, 0.15) is 38.5 Å². The van der Waals surface area contributed by atoms with Crippen molar-refractivity contribution in [2.24, 2.45) is 5.73 Å². The predicted molar refractivity (Wildman–Crippen MR) is 69.9 cm³/mol. The fraction of sp³-hybridized carbons (Fsp3) is 1.00. The molecule has 0 aliphatic heterocycles. The Kier molecular flexibility index (Phi) is 5.85. The van der Waals surface area contributed by atoms with Crippen LogP contribution in [0, 0.1) is 0 Å². The van der Waals surface area contributed by atoms with Gasteiger partial charge >= 0.3 is 0 Å². The SMILES string of the molecule is CN(C)S(=O)(=O)N(CCCN)C1CCCCC1. The Bertz CT molecular complexity index is 311. The van der Waals surface area contributed by atoms with Crippen molar-refractivity contribution in [2.45, 2.75) is 44.6 Å². The minimum atomic E-state index is -3.30. The van der Waals surface area contributed by atoms with E-state index in [1.54, 1.807) is 18.4 Å². The summed E-state index contributed by atoms with van der Waals surface area (Å²) < 4.78 is 27.4. The molecule has 1 aliphatic rings. The molecule has 102 valence electrons. The summed E-state index contributed by atoms with van der Waals surface area (Å²) in [5.74, 6) is 0. The van der Waals surface area contributed by atoms with E-state index in [1.807, 2.05) is 0 Å². The first-order valence-electron chi connectivity index (χ1n) is 6.39. The molecule has 0 bridgehead atoms. The van der Waals surface area contributed by atoms with E-state index in [-0.39, 0.29) is 6.04 Å². The van der Waals surface area contributed by atoms with Crippen LogP contribution in [0.5, 0.6) is 0 Å².